The highest BCUT2D eigenvalue weighted by Gasteiger charge is 2.44. The molecule has 0 aromatic rings. The zero-order valence-corrected chi connectivity index (χ0v) is 12.0. The second-order valence-electron chi connectivity index (χ2n) is 5.61. The summed E-state index contributed by atoms with van der Waals surface area (Å²) < 4.78 is 79.5. The van der Waals surface area contributed by atoms with E-state index in [1.807, 2.05) is 0 Å². The lowest BCUT2D eigenvalue weighted by molar-refractivity contribution is -0.0927. The maximum Gasteiger partial charge on any atom is 0.416 e. The quantitative estimate of drug-likeness (QED) is 0.393. The normalized spacial score (nSPS) is 26.2. The minimum Gasteiger partial charge on any atom is -0.307 e. The van der Waals surface area contributed by atoms with Gasteiger partial charge in [0.2, 0.25) is 0 Å². The first-order chi connectivity index (χ1) is 10.6. The Morgan fingerprint density at radius 2 is 0.917 bits per heavy atom. The van der Waals surface area contributed by atoms with Crippen molar-refractivity contribution in [2.45, 2.75) is 23.7 Å². The van der Waals surface area contributed by atoms with Crippen molar-refractivity contribution < 1.29 is 26.3 Å². The molecule has 2 aliphatic carbocycles. The van der Waals surface area contributed by atoms with Gasteiger partial charge >= 0.3 is 12.4 Å². The minimum atomic E-state index is -4.96. The van der Waals surface area contributed by atoms with Gasteiger partial charge in [0.1, 0.15) is 11.3 Å². The third-order valence-corrected chi connectivity index (χ3v) is 3.35. The summed E-state index contributed by atoms with van der Waals surface area (Å²) in [7, 11) is 0. The molecule has 0 unspecified atom stereocenters. The highest BCUT2D eigenvalue weighted by molar-refractivity contribution is 5.62. The molecule has 0 aliphatic heterocycles. The molecule has 4 nitrogen and oxygen atoms in total. The Kier molecular flexibility index (Phi) is 4.09. The lowest BCUT2D eigenvalue weighted by Gasteiger charge is -2.30. The van der Waals surface area contributed by atoms with Gasteiger partial charge in [-0.2, -0.15) is 26.3 Å². The van der Waals surface area contributed by atoms with Crippen LogP contribution in [0.25, 0.3) is 0 Å². The zero-order valence-electron chi connectivity index (χ0n) is 12.0. The van der Waals surface area contributed by atoms with Crippen molar-refractivity contribution in [2.24, 2.45) is 22.9 Å². The van der Waals surface area contributed by atoms with E-state index in [4.69, 9.17) is 22.9 Å². The molecule has 0 amide bonds. The Hall–Kier alpha value is -1.88. The van der Waals surface area contributed by atoms with Gasteiger partial charge in [-0.1, -0.05) is 12.2 Å². The topological polar surface area (TPSA) is 104 Å². The largest absolute Gasteiger partial charge is 0.416 e. The van der Waals surface area contributed by atoms with E-state index in [1.165, 1.54) is 0 Å². The molecule has 10 heteroatoms. The molecule has 2 rings (SSSR count). The molecule has 0 bridgehead atoms. The van der Waals surface area contributed by atoms with Gasteiger partial charge in [0.15, 0.2) is 0 Å². The molecule has 2 aliphatic rings. The summed E-state index contributed by atoms with van der Waals surface area (Å²) >= 11 is 0. The van der Waals surface area contributed by atoms with E-state index in [0.29, 0.717) is 12.2 Å². The predicted molar refractivity (Wildman–Crippen MR) is 75.8 cm³/mol. The van der Waals surface area contributed by atoms with Crippen LogP contribution < -0.4 is 22.9 Å². The first kappa shape index (κ1) is 18.5. The van der Waals surface area contributed by atoms with Crippen LogP contribution in [0, 0.1) is 0 Å². The maximum absolute atomic E-state index is 13.2. The van der Waals surface area contributed by atoms with Gasteiger partial charge in [0, 0.05) is 0 Å². The van der Waals surface area contributed by atoms with Crippen LogP contribution in [0.1, 0.15) is 0 Å². The Morgan fingerprint density at radius 3 is 1.17 bits per heavy atom. The summed E-state index contributed by atoms with van der Waals surface area (Å²) in [6.45, 7) is 0. The summed E-state index contributed by atoms with van der Waals surface area (Å²) in [5, 5.41) is 0. The van der Waals surface area contributed by atoms with Crippen LogP contribution >= 0.6 is 0 Å². The summed E-state index contributed by atoms with van der Waals surface area (Å²) in [5.74, 6) is 0. The highest BCUT2D eigenvalue weighted by Crippen LogP contribution is 2.43. The molecule has 0 radical (unpaired) electrons. The van der Waals surface area contributed by atoms with Crippen molar-refractivity contribution in [1.82, 2.24) is 0 Å². The van der Waals surface area contributed by atoms with E-state index < -0.39 is 46.0 Å². The third-order valence-electron chi connectivity index (χ3n) is 3.35. The summed E-state index contributed by atoms with van der Waals surface area (Å²) in [6.07, 6.45) is -5.43. The van der Waals surface area contributed by atoms with E-state index in [9.17, 15) is 26.3 Å². The number of hydrogen-bond donors (Lipinski definition) is 4. The van der Waals surface area contributed by atoms with Crippen LogP contribution in [-0.4, -0.2) is 23.7 Å². The smallest absolute Gasteiger partial charge is 0.307 e. The van der Waals surface area contributed by atoms with Crippen molar-refractivity contribution in [3.05, 3.63) is 58.7 Å². The molecule has 8 N–H and O–H groups in total. The predicted octanol–water partition coefficient (Wildman–Crippen LogP) is 1.63. The second-order valence-corrected chi connectivity index (χ2v) is 5.61. The molecule has 0 aromatic carbocycles. The molecule has 0 spiro atoms. The molecule has 0 saturated heterocycles. The molecule has 0 aromatic heterocycles. The fraction of sp³-hybridized carbons (Fsp3) is 0.286. The Balaban J connectivity index is 2.73. The third kappa shape index (κ3) is 3.78. The van der Waals surface area contributed by atoms with Crippen molar-refractivity contribution in [2.75, 3.05) is 0 Å². The first-order valence-electron chi connectivity index (χ1n) is 6.51. The molecular formula is C14H14F6N4. The average Bonchev–Trinajstić information content (AvgIpc) is 2.35. The number of nitrogens with two attached hydrogens (primary N) is 4. The highest BCUT2D eigenvalue weighted by atomic mass is 19.4. The van der Waals surface area contributed by atoms with Crippen molar-refractivity contribution in [3.8, 4) is 0 Å². The van der Waals surface area contributed by atoms with Crippen molar-refractivity contribution in [3.63, 3.8) is 0 Å². The molecule has 0 heterocycles. The van der Waals surface area contributed by atoms with Gasteiger partial charge in [-0.15, -0.1) is 0 Å². The minimum absolute atomic E-state index is 0.462. The number of halogens is 6. The Bertz CT molecular complexity index is 642. The van der Waals surface area contributed by atoms with Crippen LogP contribution in [0.4, 0.5) is 26.3 Å². The van der Waals surface area contributed by atoms with E-state index in [1.54, 1.807) is 0 Å². The number of alkyl halides is 6. The maximum atomic E-state index is 13.2. The van der Waals surface area contributed by atoms with Gasteiger partial charge in [-0.25, -0.2) is 0 Å². The van der Waals surface area contributed by atoms with Crippen LogP contribution in [0.3, 0.4) is 0 Å². The molecule has 132 valence electrons. The number of allylic oxidation sites excluding steroid dienone is 6. The van der Waals surface area contributed by atoms with Crippen molar-refractivity contribution in [1.29, 1.82) is 0 Å². The van der Waals surface area contributed by atoms with Crippen LogP contribution in [0.5, 0.6) is 0 Å². The summed E-state index contributed by atoms with van der Waals surface area (Å²) in [4.78, 5) is 0. The number of rotatable bonds is 0. The molecule has 24 heavy (non-hydrogen) atoms. The average molecular weight is 352 g/mol. The lowest BCUT2D eigenvalue weighted by Crippen LogP contribution is -2.48. The van der Waals surface area contributed by atoms with Crippen molar-refractivity contribution >= 4 is 0 Å². The standard InChI is InChI=1S/C14H14F6N4/c15-13(16,17)9-5-11(21,22)3-1-7(9)8-2-4-12(23,24)6-10(8)14(18,19)20/h1-6H,21-24H2/b8-7-. The summed E-state index contributed by atoms with van der Waals surface area (Å²) in [6, 6.07) is 0. The number of hydrogen-bond acceptors (Lipinski definition) is 4. The molecule has 0 atom stereocenters. The zero-order chi connectivity index (χ0) is 18.6. The van der Waals surface area contributed by atoms with Gasteiger partial charge in [-0.3, -0.25) is 0 Å². The van der Waals surface area contributed by atoms with Crippen LogP contribution in [0.15, 0.2) is 58.7 Å². The molecule has 0 fully saturated rings. The van der Waals surface area contributed by atoms with Gasteiger partial charge < -0.3 is 22.9 Å². The fourth-order valence-corrected chi connectivity index (χ4v) is 2.33. The van der Waals surface area contributed by atoms with Crippen LogP contribution in [0.2, 0.25) is 0 Å². The van der Waals surface area contributed by atoms with E-state index in [0.717, 1.165) is 24.3 Å². The van der Waals surface area contributed by atoms with Gasteiger partial charge in [0.25, 0.3) is 0 Å². The fourth-order valence-electron chi connectivity index (χ4n) is 2.33. The van der Waals surface area contributed by atoms with Gasteiger partial charge in [-0.05, 0) is 35.5 Å². The molecule has 0 saturated carbocycles. The van der Waals surface area contributed by atoms with E-state index >= 15 is 0 Å². The monoisotopic (exact) mass is 352 g/mol. The Morgan fingerprint density at radius 1 is 0.625 bits per heavy atom. The summed E-state index contributed by atoms with van der Waals surface area (Å²) in [5.41, 5.74) is 13.6. The Labute approximate surface area is 132 Å². The SMILES string of the molecule is NC1(N)C=C/C(=C2\C=CC(N)(N)C=C2C(F)(F)F)C(C(F)(F)F)=C1. The van der Waals surface area contributed by atoms with E-state index in [2.05, 4.69) is 0 Å². The first-order valence-corrected chi connectivity index (χ1v) is 6.51. The second kappa shape index (κ2) is 5.31. The molecular weight excluding hydrogens is 338 g/mol. The lowest BCUT2D eigenvalue weighted by atomic mass is 9.84. The van der Waals surface area contributed by atoms with Gasteiger partial charge in [0.05, 0.1) is 11.1 Å². The van der Waals surface area contributed by atoms with E-state index in [-0.39, 0.29) is 0 Å². The van der Waals surface area contributed by atoms with Crippen LogP contribution in [-0.2, 0) is 0 Å².